The molecule has 1 unspecified atom stereocenters. The molecule has 0 bridgehead atoms. The molecule has 6 heteroatoms. The number of hydrogen-bond donors (Lipinski definition) is 0. The van der Waals surface area contributed by atoms with Gasteiger partial charge >= 0.3 is 17.9 Å². The number of esters is 3. The minimum atomic E-state index is -0.796. The minimum absolute atomic E-state index is 0.0879. The predicted octanol–water partition coefficient (Wildman–Crippen LogP) is 24.2. The first-order valence-corrected chi connectivity index (χ1v) is 34.9. The van der Waals surface area contributed by atoms with E-state index < -0.39 is 6.10 Å². The molecule has 0 rings (SSSR count). The zero-order chi connectivity index (χ0) is 59.2. The number of allylic oxidation sites excluding steroid dienone is 18. The van der Waals surface area contributed by atoms with Crippen LogP contribution in [0.1, 0.15) is 335 Å². The third-order valence-electron chi connectivity index (χ3n) is 15.0. The summed E-state index contributed by atoms with van der Waals surface area (Å²) in [5.41, 5.74) is 0. The first kappa shape index (κ1) is 78.1. The second-order valence-electron chi connectivity index (χ2n) is 23.0. The average molecular weight is 1140 g/mol. The van der Waals surface area contributed by atoms with Crippen molar-refractivity contribution in [1.82, 2.24) is 0 Å². The van der Waals surface area contributed by atoms with E-state index in [-0.39, 0.29) is 31.1 Å². The number of unbranched alkanes of at least 4 members (excludes halogenated alkanes) is 34. The highest BCUT2D eigenvalue weighted by Gasteiger charge is 2.19. The van der Waals surface area contributed by atoms with Gasteiger partial charge in [0.15, 0.2) is 6.10 Å². The van der Waals surface area contributed by atoms with Crippen molar-refractivity contribution < 1.29 is 28.6 Å². The monoisotopic (exact) mass is 1140 g/mol. The Kier molecular flexibility index (Phi) is 66.2. The van der Waals surface area contributed by atoms with Crippen LogP contribution in [-0.4, -0.2) is 37.2 Å². The van der Waals surface area contributed by atoms with E-state index in [0.29, 0.717) is 19.3 Å². The molecule has 0 saturated carbocycles. The summed E-state index contributed by atoms with van der Waals surface area (Å²) >= 11 is 0. The number of hydrogen-bond acceptors (Lipinski definition) is 6. The Balaban J connectivity index is 4.32. The molecule has 1 atom stereocenters. The molecule has 0 radical (unpaired) electrons. The van der Waals surface area contributed by atoms with Crippen molar-refractivity contribution in [1.29, 1.82) is 0 Å². The van der Waals surface area contributed by atoms with E-state index in [1.807, 2.05) is 0 Å². The van der Waals surface area contributed by atoms with Gasteiger partial charge in [0, 0.05) is 19.3 Å². The van der Waals surface area contributed by atoms with Crippen LogP contribution in [0.15, 0.2) is 109 Å². The van der Waals surface area contributed by atoms with Crippen molar-refractivity contribution in [3.63, 3.8) is 0 Å². The highest BCUT2D eigenvalue weighted by Crippen LogP contribution is 2.17. The second kappa shape index (κ2) is 69.6. The normalized spacial score (nSPS) is 12.8. The second-order valence-corrected chi connectivity index (χ2v) is 23.0. The third kappa shape index (κ3) is 66.9. The molecule has 82 heavy (non-hydrogen) atoms. The fourth-order valence-corrected chi connectivity index (χ4v) is 9.88. The molecule has 0 spiro atoms. The summed E-state index contributed by atoms with van der Waals surface area (Å²) in [4.78, 5) is 38.4. The molecule has 0 aromatic rings. The number of carbonyl (C=O) groups excluding carboxylic acids is 3. The lowest BCUT2D eigenvalue weighted by molar-refractivity contribution is -0.167. The van der Waals surface area contributed by atoms with Crippen molar-refractivity contribution in [3.8, 4) is 0 Å². The Bertz CT molecular complexity index is 1640. The molecule has 0 N–H and O–H groups in total. The van der Waals surface area contributed by atoms with Crippen molar-refractivity contribution in [3.05, 3.63) is 109 Å². The molecule has 0 aromatic heterocycles. The van der Waals surface area contributed by atoms with Gasteiger partial charge in [0.05, 0.1) is 0 Å². The molecule has 0 aliphatic rings. The zero-order valence-electron chi connectivity index (χ0n) is 54.0. The minimum Gasteiger partial charge on any atom is -0.462 e. The van der Waals surface area contributed by atoms with E-state index in [1.165, 1.54) is 173 Å². The van der Waals surface area contributed by atoms with Gasteiger partial charge in [-0.15, -0.1) is 0 Å². The quantitative estimate of drug-likeness (QED) is 0.0261. The highest BCUT2D eigenvalue weighted by molar-refractivity contribution is 5.71. The van der Waals surface area contributed by atoms with E-state index in [1.54, 1.807) is 0 Å². The topological polar surface area (TPSA) is 78.9 Å². The van der Waals surface area contributed by atoms with Crippen LogP contribution in [-0.2, 0) is 28.6 Å². The van der Waals surface area contributed by atoms with E-state index in [2.05, 4.69) is 130 Å². The molecule has 0 amide bonds. The average Bonchev–Trinajstić information content (AvgIpc) is 3.47. The van der Waals surface area contributed by atoms with Crippen molar-refractivity contribution in [2.24, 2.45) is 0 Å². The molecule has 0 aliphatic heterocycles. The lowest BCUT2D eigenvalue weighted by Gasteiger charge is -2.18. The van der Waals surface area contributed by atoms with Gasteiger partial charge in [-0.1, -0.05) is 323 Å². The highest BCUT2D eigenvalue weighted by atomic mass is 16.6. The summed E-state index contributed by atoms with van der Waals surface area (Å²) in [6.07, 6.45) is 95.4. The van der Waals surface area contributed by atoms with Crippen LogP contribution in [0.25, 0.3) is 0 Å². The van der Waals surface area contributed by atoms with Gasteiger partial charge in [0.1, 0.15) is 13.2 Å². The third-order valence-corrected chi connectivity index (χ3v) is 15.0. The maximum atomic E-state index is 12.9. The van der Waals surface area contributed by atoms with Gasteiger partial charge in [0.25, 0.3) is 0 Å². The number of carbonyl (C=O) groups is 3. The smallest absolute Gasteiger partial charge is 0.306 e. The van der Waals surface area contributed by atoms with Crippen LogP contribution in [0, 0.1) is 0 Å². The van der Waals surface area contributed by atoms with Crippen LogP contribution < -0.4 is 0 Å². The van der Waals surface area contributed by atoms with Gasteiger partial charge in [-0.05, 0) is 103 Å². The summed E-state index contributed by atoms with van der Waals surface area (Å²) in [7, 11) is 0. The van der Waals surface area contributed by atoms with Crippen molar-refractivity contribution >= 4 is 17.9 Å². The summed E-state index contributed by atoms with van der Waals surface area (Å²) in [5, 5.41) is 0. The summed E-state index contributed by atoms with van der Waals surface area (Å²) in [6.45, 7) is 6.43. The van der Waals surface area contributed by atoms with Crippen LogP contribution in [0.4, 0.5) is 0 Å². The van der Waals surface area contributed by atoms with Crippen molar-refractivity contribution in [2.45, 2.75) is 341 Å². The van der Waals surface area contributed by atoms with Gasteiger partial charge in [-0.25, -0.2) is 0 Å². The van der Waals surface area contributed by atoms with E-state index >= 15 is 0 Å². The predicted molar refractivity (Wildman–Crippen MR) is 357 cm³/mol. The maximum Gasteiger partial charge on any atom is 0.306 e. The first-order chi connectivity index (χ1) is 40.5. The SMILES string of the molecule is CC/C=C\C/C=C\C/C=C\C/C=C\C/C=C\CCCCCC(=O)OC(COC(=O)CCCCCCCCCCCCCCCCCC)COC(=O)CCCCCCCCCCCCCCCCCC/C=C\C/C=C\C/C=C\C/C=C\CC. The number of ether oxygens (including phenoxy) is 3. The Hall–Kier alpha value is -3.93. The molecule has 0 heterocycles. The Labute approximate surface area is 508 Å². The Morgan fingerprint density at radius 3 is 0.756 bits per heavy atom. The molecule has 6 nitrogen and oxygen atoms in total. The summed E-state index contributed by atoms with van der Waals surface area (Å²) < 4.78 is 17.0. The zero-order valence-corrected chi connectivity index (χ0v) is 54.0. The van der Waals surface area contributed by atoms with Crippen LogP contribution in [0.3, 0.4) is 0 Å². The van der Waals surface area contributed by atoms with Gasteiger partial charge in [-0.3, -0.25) is 14.4 Å². The lowest BCUT2D eigenvalue weighted by atomic mass is 10.0. The van der Waals surface area contributed by atoms with Gasteiger partial charge < -0.3 is 14.2 Å². The van der Waals surface area contributed by atoms with Gasteiger partial charge in [-0.2, -0.15) is 0 Å². The fraction of sp³-hybridized carbons (Fsp3) is 0.724. The summed E-state index contributed by atoms with van der Waals surface area (Å²) in [6, 6.07) is 0. The first-order valence-electron chi connectivity index (χ1n) is 34.9. The molecular weight excluding hydrogens is 1010 g/mol. The Morgan fingerprint density at radius 1 is 0.256 bits per heavy atom. The molecule has 0 fully saturated rings. The molecule has 0 aliphatic carbocycles. The standard InChI is InChI=1S/C76H130O6/c1-4-7-10-13-16-19-22-25-28-31-33-34-35-36-37-38-39-40-41-42-44-45-48-51-54-57-60-63-66-69-75(78)81-72-73(71-80-74(77)68-65-62-59-56-53-50-47-30-27-24-21-18-15-12-9-6-3)82-76(79)70-67-64-61-58-55-52-49-46-43-32-29-26-23-20-17-14-11-8-5-2/h7-8,10-11,16-17,19-20,25-26,28-29,33-34,43,46,52,55,73H,4-6,9,12-15,18,21-24,27,30-32,35-42,44-45,47-51,53-54,56-72H2,1-3H3/b10-7-,11-8-,19-16-,20-17-,28-25-,29-26-,34-33-,46-43-,55-52-. The van der Waals surface area contributed by atoms with Crippen LogP contribution in [0.2, 0.25) is 0 Å². The van der Waals surface area contributed by atoms with E-state index in [4.69, 9.17) is 14.2 Å². The van der Waals surface area contributed by atoms with Gasteiger partial charge in [0.2, 0.25) is 0 Å². The number of rotatable bonds is 63. The van der Waals surface area contributed by atoms with Crippen molar-refractivity contribution in [2.75, 3.05) is 13.2 Å². The molecule has 470 valence electrons. The molecule has 0 saturated heterocycles. The summed E-state index contributed by atoms with van der Waals surface area (Å²) in [5.74, 6) is -0.905. The molecule has 0 aromatic carbocycles. The largest absolute Gasteiger partial charge is 0.462 e. The molecular formula is C76H130O6. The maximum absolute atomic E-state index is 12.9. The van der Waals surface area contributed by atoms with Crippen LogP contribution >= 0.6 is 0 Å². The Morgan fingerprint density at radius 2 is 0.476 bits per heavy atom. The fourth-order valence-electron chi connectivity index (χ4n) is 9.88. The van der Waals surface area contributed by atoms with E-state index in [9.17, 15) is 14.4 Å². The lowest BCUT2D eigenvalue weighted by Crippen LogP contribution is -2.30. The van der Waals surface area contributed by atoms with E-state index in [0.717, 1.165) is 122 Å². The van der Waals surface area contributed by atoms with Crippen LogP contribution in [0.5, 0.6) is 0 Å².